The molecule has 8 unspecified atom stereocenters. The molecule has 0 saturated carbocycles. The minimum Gasteiger partial charge on any atom is -0.378 e. The number of fused-ring (bicyclic) bond motifs is 2. The lowest BCUT2D eigenvalue weighted by Crippen LogP contribution is -2.71. The molecule has 0 aromatic heterocycles. The Morgan fingerprint density at radius 2 is 1.74 bits per heavy atom. The summed E-state index contributed by atoms with van der Waals surface area (Å²) in [5.41, 5.74) is 9.34. The Morgan fingerprint density at radius 3 is 2.51 bits per heavy atom. The summed E-state index contributed by atoms with van der Waals surface area (Å²) in [6.45, 7) is 9.72. The average Bonchev–Trinajstić information content (AvgIpc) is 3.12. The fraction of sp³-hybridized carbons (Fsp3) is 0.955. The summed E-state index contributed by atoms with van der Waals surface area (Å²) in [5.74, 6) is -0.621. The first-order valence-electron chi connectivity index (χ1n) is 13.1. The summed E-state index contributed by atoms with van der Waals surface area (Å²) in [4.78, 5) is 21.2. The van der Waals surface area contributed by atoms with E-state index in [1.165, 1.54) is 0 Å². The van der Waals surface area contributed by atoms with Gasteiger partial charge in [-0.1, -0.05) is 0 Å². The van der Waals surface area contributed by atoms with E-state index in [4.69, 9.17) is 22.1 Å². The number of carbonyl (C=O) groups excluding carboxylic acids is 1. The first kappa shape index (κ1) is 24.7. The molecule has 6 saturated heterocycles. The van der Waals surface area contributed by atoms with Crippen molar-refractivity contribution in [3.8, 4) is 0 Å². The van der Waals surface area contributed by atoms with E-state index in [0.717, 1.165) is 59.0 Å². The van der Waals surface area contributed by atoms with Crippen molar-refractivity contribution in [1.82, 2.24) is 41.1 Å². The van der Waals surface area contributed by atoms with E-state index in [1.54, 1.807) is 5.01 Å². The van der Waals surface area contributed by atoms with Gasteiger partial charge in [-0.15, -0.1) is 11.6 Å². The van der Waals surface area contributed by atoms with E-state index in [2.05, 4.69) is 36.1 Å². The Kier molecular flexibility index (Phi) is 7.21. The van der Waals surface area contributed by atoms with Crippen LogP contribution in [-0.4, -0.2) is 152 Å². The average molecular weight is 516 g/mol. The number of alkyl halides is 2. The molecule has 6 fully saturated rings. The summed E-state index contributed by atoms with van der Waals surface area (Å²) in [7, 11) is 0. The molecule has 0 bridgehead atoms. The molecule has 0 spiro atoms. The Labute approximate surface area is 211 Å². The van der Waals surface area contributed by atoms with Crippen LogP contribution in [0.15, 0.2) is 0 Å². The van der Waals surface area contributed by atoms with E-state index in [-0.39, 0.29) is 42.6 Å². The molecular formula is C22H39ClFN9O2. The van der Waals surface area contributed by atoms with Crippen LogP contribution in [0.2, 0.25) is 0 Å². The van der Waals surface area contributed by atoms with Crippen molar-refractivity contribution in [2.24, 2.45) is 11.7 Å². The molecule has 13 heteroatoms. The molecule has 6 aliphatic heterocycles. The molecule has 198 valence electrons. The predicted molar refractivity (Wildman–Crippen MR) is 129 cm³/mol. The van der Waals surface area contributed by atoms with Crippen LogP contribution in [-0.2, 0) is 9.53 Å². The van der Waals surface area contributed by atoms with Crippen LogP contribution in [0.4, 0.5) is 4.39 Å². The summed E-state index contributed by atoms with van der Waals surface area (Å²) in [6, 6.07) is 0.949. The highest BCUT2D eigenvalue weighted by molar-refractivity contribution is 6.21. The van der Waals surface area contributed by atoms with Crippen molar-refractivity contribution in [1.29, 1.82) is 0 Å². The minimum absolute atomic E-state index is 0.0441. The van der Waals surface area contributed by atoms with E-state index in [1.807, 2.05) is 0 Å². The number of nitrogens with one attached hydrogen (secondary N) is 4. The first-order valence-corrected chi connectivity index (χ1v) is 13.5. The number of hydrazine groups is 1. The number of hydrogen-bond donors (Lipinski definition) is 5. The van der Waals surface area contributed by atoms with Crippen LogP contribution in [0, 0.1) is 5.92 Å². The van der Waals surface area contributed by atoms with Gasteiger partial charge in [0.15, 0.2) is 0 Å². The Hall–Kier alpha value is -0.670. The second-order valence-electron chi connectivity index (χ2n) is 10.9. The second kappa shape index (κ2) is 10.2. The Bertz CT molecular complexity index is 781. The Balaban J connectivity index is 1.12. The van der Waals surface area contributed by atoms with Gasteiger partial charge in [-0.2, -0.15) is 0 Å². The van der Waals surface area contributed by atoms with E-state index < -0.39 is 18.3 Å². The topological polar surface area (TPSA) is 113 Å². The number of carbonyl (C=O) groups is 1. The number of nitrogens with zero attached hydrogens (tertiary/aromatic N) is 4. The SMILES string of the molecule is NC1NN2CC(F)CNC2C1C(=O)NC1CNCC(Cl)C1N1CCN2CCN(C3COC3)CC2C1. The van der Waals surface area contributed by atoms with Gasteiger partial charge in [0.05, 0.1) is 48.9 Å². The number of piperidine rings is 1. The van der Waals surface area contributed by atoms with Gasteiger partial charge < -0.3 is 21.1 Å². The molecule has 11 nitrogen and oxygen atoms in total. The Morgan fingerprint density at radius 1 is 1.00 bits per heavy atom. The van der Waals surface area contributed by atoms with Crippen molar-refractivity contribution < 1.29 is 13.9 Å². The van der Waals surface area contributed by atoms with Gasteiger partial charge in [-0.05, 0) is 0 Å². The number of amides is 1. The third-order valence-corrected chi connectivity index (χ3v) is 9.16. The molecule has 0 radical (unpaired) electrons. The smallest absolute Gasteiger partial charge is 0.229 e. The number of halogens is 2. The molecule has 6 aliphatic rings. The van der Waals surface area contributed by atoms with Crippen LogP contribution >= 0.6 is 11.6 Å². The van der Waals surface area contributed by atoms with E-state index in [0.29, 0.717) is 18.6 Å². The monoisotopic (exact) mass is 515 g/mol. The second-order valence-corrected chi connectivity index (χ2v) is 11.5. The normalized spacial score (nSPS) is 44.4. The van der Waals surface area contributed by atoms with Gasteiger partial charge >= 0.3 is 0 Å². The van der Waals surface area contributed by atoms with Crippen molar-refractivity contribution in [2.45, 2.75) is 48.0 Å². The zero-order valence-corrected chi connectivity index (χ0v) is 20.9. The zero-order valence-electron chi connectivity index (χ0n) is 20.1. The third-order valence-electron chi connectivity index (χ3n) is 8.75. The molecule has 6 N–H and O–H groups in total. The largest absolute Gasteiger partial charge is 0.378 e. The van der Waals surface area contributed by atoms with Crippen LogP contribution in [0.25, 0.3) is 0 Å². The van der Waals surface area contributed by atoms with E-state index in [9.17, 15) is 9.18 Å². The number of nitrogens with two attached hydrogens (primary N) is 1. The van der Waals surface area contributed by atoms with Crippen LogP contribution < -0.4 is 27.1 Å². The van der Waals surface area contributed by atoms with Crippen LogP contribution in [0.5, 0.6) is 0 Å². The van der Waals surface area contributed by atoms with Gasteiger partial charge in [0, 0.05) is 77.5 Å². The van der Waals surface area contributed by atoms with Crippen LogP contribution in [0.1, 0.15) is 0 Å². The van der Waals surface area contributed by atoms with Gasteiger partial charge in [0.1, 0.15) is 6.17 Å². The lowest BCUT2D eigenvalue weighted by molar-refractivity contribution is -0.128. The number of hydrogen-bond acceptors (Lipinski definition) is 10. The van der Waals surface area contributed by atoms with Crippen molar-refractivity contribution in [2.75, 3.05) is 78.7 Å². The number of ether oxygens (including phenoxy) is 1. The summed E-state index contributed by atoms with van der Waals surface area (Å²) >= 11 is 6.90. The maximum absolute atomic E-state index is 13.8. The highest BCUT2D eigenvalue weighted by atomic mass is 35.5. The molecule has 6 rings (SSSR count). The fourth-order valence-corrected chi connectivity index (χ4v) is 7.23. The predicted octanol–water partition coefficient (Wildman–Crippen LogP) is -3.26. The molecule has 1 amide bonds. The standard InChI is InChI=1S/C22H39ClFN9O2/c23-16-6-26-7-17(28-22(34)18-20(25)29-33-8-13(24)5-27-21(18)33)19(16)32-4-2-30-1-3-31(9-14(30)10-32)15-11-35-12-15/h13-21,26-27,29H,1-12,25H2,(H,28,34). The lowest BCUT2D eigenvalue weighted by atomic mass is 9.94. The quantitative estimate of drug-likeness (QED) is 0.245. The first-order chi connectivity index (χ1) is 17.0. The highest BCUT2D eigenvalue weighted by Gasteiger charge is 2.49. The van der Waals surface area contributed by atoms with Gasteiger partial charge in [-0.3, -0.25) is 24.8 Å². The fourth-order valence-electron chi connectivity index (χ4n) is 6.79. The molecule has 35 heavy (non-hydrogen) atoms. The minimum atomic E-state index is -0.983. The molecule has 0 aromatic rings. The maximum Gasteiger partial charge on any atom is 0.229 e. The van der Waals surface area contributed by atoms with Crippen molar-refractivity contribution >= 4 is 17.5 Å². The maximum atomic E-state index is 13.8. The molecule has 8 atom stereocenters. The van der Waals surface area contributed by atoms with Gasteiger partial charge in [0.25, 0.3) is 0 Å². The van der Waals surface area contributed by atoms with E-state index >= 15 is 0 Å². The summed E-state index contributed by atoms with van der Waals surface area (Å²) in [6.07, 6.45) is -1.86. The molecule has 6 heterocycles. The van der Waals surface area contributed by atoms with Gasteiger partial charge in [-0.25, -0.2) is 14.8 Å². The third kappa shape index (κ3) is 4.83. The van der Waals surface area contributed by atoms with Gasteiger partial charge in [0.2, 0.25) is 5.91 Å². The lowest BCUT2D eigenvalue weighted by Gasteiger charge is -2.53. The summed E-state index contributed by atoms with van der Waals surface area (Å²) < 4.78 is 19.3. The summed E-state index contributed by atoms with van der Waals surface area (Å²) in [5, 5.41) is 11.4. The molecule has 0 aliphatic carbocycles. The highest BCUT2D eigenvalue weighted by Crippen LogP contribution is 2.27. The van der Waals surface area contributed by atoms with Crippen molar-refractivity contribution in [3.63, 3.8) is 0 Å². The molecule has 0 aromatic carbocycles. The number of piperazine rings is 2. The zero-order chi connectivity index (χ0) is 24.1. The molecular weight excluding hydrogens is 477 g/mol. The number of rotatable bonds is 4. The van der Waals surface area contributed by atoms with Crippen LogP contribution in [0.3, 0.4) is 0 Å². The van der Waals surface area contributed by atoms with Crippen molar-refractivity contribution in [3.05, 3.63) is 0 Å².